The van der Waals surface area contributed by atoms with Crippen molar-refractivity contribution in [3.05, 3.63) is 83.1 Å². The van der Waals surface area contributed by atoms with Gasteiger partial charge in [0.25, 0.3) is 0 Å². The molecule has 1 saturated heterocycles. The zero-order valence-electron chi connectivity index (χ0n) is 17.1. The van der Waals surface area contributed by atoms with Crippen LogP contribution < -0.4 is 0 Å². The highest BCUT2D eigenvalue weighted by Crippen LogP contribution is 2.33. The molecule has 0 N–H and O–H groups in total. The lowest BCUT2D eigenvalue weighted by molar-refractivity contribution is -0.127. The fourth-order valence-corrected chi connectivity index (χ4v) is 5.04. The van der Waals surface area contributed by atoms with Gasteiger partial charge in [-0.3, -0.25) is 4.79 Å². The molecule has 7 heteroatoms. The number of aromatic nitrogens is 4. The van der Waals surface area contributed by atoms with Crippen LogP contribution in [0.15, 0.2) is 66.9 Å². The van der Waals surface area contributed by atoms with Gasteiger partial charge in [0.1, 0.15) is 5.69 Å². The van der Waals surface area contributed by atoms with Crippen molar-refractivity contribution in [2.24, 2.45) is 0 Å². The summed E-state index contributed by atoms with van der Waals surface area (Å²) in [5.74, 6) is 0.318. The molecular weight excluding hydrogens is 406 g/mol. The van der Waals surface area contributed by atoms with Crippen LogP contribution in [0, 0.1) is 0 Å². The fraction of sp³-hybridized carbons (Fsp3) is 0.250. The molecule has 1 amide bonds. The summed E-state index contributed by atoms with van der Waals surface area (Å²) in [5, 5.41) is 9.45. The van der Waals surface area contributed by atoms with Crippen molar-refractivity contribution < 1.29 is 4.79 Å². The van der Waals surface area contributed by atoms with Gasteiger partial charge in [0.2, 0.25) is 5.91 Å². The summed E-state index contributed by atoms with van der Waals surface area (Å²) < 4.78 is 2.99. The number of thiazole rings is 1. The number of hydrogen-bond acceptors (Lipinski definition) is 5. The van der Waals surface area contributed by atoms with Gasteiger partial charge in [-0.05, 0) is 36.6 Å². The Labute approximate surface area is 184 Å². The van der Waals surface area contributed by atoms with E-state index in [1.165, 1.54) is 4.70 Å². The van der Waals surface area contributed by atoms with Crippen molar-refractivity contribution in [1.82, 2.24) is 24.9 Å². The number of para-hydroxylation sites is 1. The third-order valence-corrected chi connectivity index (χ3v) is 6.73. The third kappa shape index (κ3) is 4.56. The molecule has 156 valence electrons. The molecule has 0 spiro atoms. The zero-order chi connectivity index (χ0) is 21.0. The van der Waals surface area contributed by atoms with Gasteiger partial charge >= 0.3 is 0 Å². The van der Waals surface area contributed by atoms with Gasteiger partial charge in [-0.1, -0.05) is 47.7 Å². The van der Waals surface area contributed by atoms with Crippen molar-refractivity contribution >= 4 is 33.5 Å². The minimum absolute atomic E-state index is 0.0171. The predicted molar refractivity (Wildman–Crippen MR) is 123 cm³/mol. The molecule has 31 heavy (non-hydrogen) atoms. The number of carbonyl (C=O) groups excluding carboxylic acids is 1. The van der Waals surface area contributed by atoms with E-state index in [2.05, 4.69) is 34.6 Å². The van der Waals surface area contributed by atoms with E-state index in [1.54, 1.807) is 28.2 Å². The van der Waals surface area contributed by atoms with Crippen LogP contribution in [0.1, 0.15) is 35.0 Å². The minimum atomic E-state index is 0.0171. The van der Waals surface area contributed by atoms with Crippen LogP contribution in [0.5, 0.6) is 0 Å². The molecule has 6 nitrogen and oxygen atoms in total. The molecule has 2 aromatic carbocycles. The van der Waals surface area contributed by atoms with E-state index >= 15 is 0 Å². The van der Waals surface area contributed by atoms with E-state index in [0.717, 1.165) is 35.5 Å². The predicted octanol–water partition coefficient (Wildman–Crippen LogP) is 4.36. The number of hydrogen-bond donors (Lipinski definition) is 0. The average molecular weight is 430 g/mol. The maximum Gasteiger partial charge on any atom is 0.246 e. The van der Waals surface area contributed by atoms with E-state index in [0.29, 0.717) is 24.7 Å². The second-order valence-corrected chi connectivity index (χ2v) is 8.87. The Balaban J connectivity index is 1.22. The first-order valence-electron chi connectivity index (χ1n) is 10.5. The molecule has 1 aliphatic heterocycles. The van der Waals surface area contributed by atoms with Crippen molar-refractivity contribution in [2.45, 2.75) is 25.3 Å². The molecule has 1 unspecified atom stereocenters. The Morgan fingerprint density at radius 2 is 1.97 bits per heavy atom. The van der Waals surface area contributed by atoms with E-state index in [9.17, 15) is 4.79 Å². The lowest BCUT2D eigenvalue weighted by Crippen LogP contribution is -2.38. The van der Waals surface area contributed by atoms with E-state index in [-0.39, 0.29) is 5.91 Å². The number of carbonyl (C=O) groups is 1. The highest BCUT2D eigenvalue weighted by molar-refractivity contribution is 7.18. The van der Waals surface area contributed by atoms with Gasteiger partial charge in [-0.15, -0.1) is 16.4 Å². The average Bonchev–Trinajstić information content (AvgIpc) is 3.45. The lowest BCUT2D eigenvalue weighted by atomic mass is 9.98. The number of fused-ring (bicyclic) bond motifs is 1. The summed E-state index contributed by atoms with van der Waals surface area (Å²) in [4.78, 5) is 19.5. The van der Waals surface area contributed by atoms with Crippen LogP contribution in [0.25, 0.3) is 16.3 Å². The first kappa shape index (κ1) is 19.6. The number of rotatable bonds is 5. The van der Waals surface area contributed by atoms with Gasteiger partial charge in [0.15, 0.2) is 0 Å². The normalized spacial score (nSPS) is 16.9. The van der Waals surface area contributed by atoms with Crippen molar-refractivity contribution in [2.75, 3.05) is 13.1 Å². The maximum absolute atomic E-state index is 12.8. The highest BCUT2D eigenvalue weighted by Gasteiger charge is 2.26. The number of likely N-dealkylation sites (tertiary alicyclic amines) is 1. The summed E-state index contributed by atoms with van der Waals surface area (Å²) in [6, 6.07) is 18.3. The molecule has 3 heterocycles. The van der Waals surface area contributed by atoms with Crippen LogP contribution in [0.3, 0.4) is 0 Å². The summed E-state index contributed by atoms with van der Waals surface area (Å²) >= 11 is 1.74. The summed E-state index contributed by atoms with van der Waals surface area (Å²) in [6.07, 6.45) is 7.28. The lowest BCUT2D eigenvalue weighted by Gasteiger charge is -2.31. The number of benzene rings is 2. The molecule has 4 aromatic rings. The van der Waals surface area contributed by atoms with Crippen LogP contribution in [0.2, 0.25) is 0 Å². The Bertz CT molecular complexity index is 1180. The Kier molecular flexibility index (Phi) is 5.58. The van der Waals surface area contributed by atoms with Crippen LogP contribution in [-0.2, 0) is 11.3 Å². The second-order valence-electron chi connectivity index (χ2n) is 7.80. The smallest absolute Gasteiger partial charge is 0.246 e. The van der Waals surface area contributed by atoms with Crippen LogP contribution >= 0.6 is 11.3 Å². The third-order valence-electron chi connectivity index (χ3n) is 5.53. The number of amides is 1. The largest absolute Gasteiger partial charge is 0.338 e. The Morgan fingerprint density at radius 3 is 2.84 bits per heavy atom. The summed E-state index contributed by atoms with van der Waals surface area (Å²) in [5.41, 5.74) is 2.89. The zero-order valence-corrected chi connectivity index (χ0v) is 17.9. The fourth-order valence-electron chi connectivity index (χ4n) is 3.94. The van der Waals surface area contributed by atoms with Crippen LogP contribution in [-0.4, -0.2) is 43.9 Å². The first-order valence-corrected chi connectivity index (χ1v) is 11.3. The van der Waals surface area contributed by atoms with Gasteiger partial charge < -0.3 is 4.90 Å². The van der Waals surface area contributed by atoms with Crippen molar-refractivity contribution in [3.8, 4) is 0 Å². The van der Waals surface area contributed by atoms with E-state index in [4.69, 9.17) is 4.98 Å². The molecule has 0 aliphatic carbocycles. The molecule has 0 bridgehead atoms. The van der Waals surface area contributed by atoms with Crippen molar-refractivity contribution in [1.29, 1.82) is 0 Å². The van der Waals surface area contributed by atoms with E-state index in [1.807, 2.05) is 41.4 Å². The minimum Gasteiger partial charge on any atom is -0.338 e. The van der Waals surface area contributed by atoms with Gasteiger partial charge in [-0.25, -0.2) is 9.67 Å². The molecule has 1 fully saturated rings. The van der Waals surface area contributed by atoms with Gasteiger partial charge in [0, 0.05) is 25.1 Å². The number of nitrogens with zero attached hydrogens (tertiary/aromatic N) is 5. The molecule has 0 saturated carbocycles. The highest BCUT2D eigenvalue weighted by atomic mass is 32.1. The summed E-state index contributed by atoms with van der Waals surface area (Å²) in [7, 11) is 0. The Hall–Kier alpha value is -3.32. The SMILES string of the molecule is O=C(C=Cc1cn(Cc2ccccc2)nn1)N1CCCC(c2nc3ccccc3s2)C1. The van der Waals surface area contributed by atoms with Crippen LogP contribution in [0.4, 0.5) is 0 Å². The topological polar surface area (TPSA) is 63.9 Å². The standard InChI is InChI=1S/C24H23N5OS/c30-23(13-12-20-17-29(27-26-20)15-18-7-2-1-3-8-18)28-14-6-9-19(16-28)24-25-21-10-4-5-11-22(21)31-24/h1-5,7-8,10-13,17,19H,6,9,14-16H2. The first-order chi connectivity index (χ1) is 15.2. The molecule has 1 aliphatic rings. The number of piperidine rings is 1. The van der Waals surface area contributed by atoms with Crippen molar-refractivity contribution in [3.63, 3.8) is 0 Å². The molecule has 1 atom stereocenters. The molecular formula is C24H23N5OS. The molecule has 2 aromatic heterocycles. The summed E-state index contributed by atoms with van der Waals surface area (Å²) in [6.45, 7) is 2.15. The monoisotopic (exact) mass is 429 g/mol. The quantitative estimate of drug-likeness (QED) is 0.442. The van der Waals surface area contributed by atoms with Gasteiger partial charge in [0.05, 0.1) is 28.0 Å². The maximum atomic E-state index is 12.8. The Morgan fingerprint density at radius 1 is 1.13 bits per heavy atom. The van der Waals surface area contributed by atoms with Gasteiger partial charge in [-0.2, -0.15) is 0 Å². The van der Waals surface area contributed by atoms with E-state index < -0.39 is 0 Å². The molecule has 0 radical (unpaired) electrons. The molecule has 5 rings (SSSR count). The second kappa shape index (κ2) is 8.81.